The highest BCUT2D eigenvalue weighted by atomic mass is 16.5. The third kappa shape index (κ3) is 4.84. The summed E-state index contributed by atoms with van der Waals surface area (Å²) < 4.78 is 6.19. The Hall–Kier alpha value is -2.37. The molecule has 1 heterocycles. The number of hydrogen-bond acceptors (Lipinski definition) is 4. The third-order valence-corrected chi connectivity index (χ3v) is 4.39. The summed E-state index contributed by atoms with van der Waals surface area (Å²) in [6.07, 6.45) is 3.08. The maximum Gasteiger partial charge on any atom is 0.278 e. The fourth-order valence-corrected chi connectivity index (χ4v) is 2.73. The minimum atomic E-state index is -0.296. The Bertz CT molecular complexity index is 747. The van der Waals surface area contributed by atoms with Gasteiger partial charge in [-0.05, 0) is 42.9 Å². The van der Waals surface area contributed by atoms with E-state index in [2.05, 4.69) is 61.4 Å². The van der Waals surface area contributed by atoms with Crippen molar-refractivity contribution < 1.29 is 9.53 Å². The lowest BCUT2D eigenvalue weighted by atomic mass is 9.87. The van der Waals surface area contributed by atoms with Crippen molar-refractivity contribution in [1.29, 1.82) is 0 Å². The molecule has 1 aromatic heterocycles. The molecule has 1 amide bonds. The number of nitrogens with one attached hydrogen (secondary N) is 2. The smallest absolute Gasteiger partial charge is 0.278 e. The number of amides is 1. The highest BCUT2D eigenvalue weighted by Crippen LogP contribution is 2.33. The molecule has 0 bridgehead atoms. The zero-order valence-electron chi connectivity index (χ0n) is 16.6. The van der Waals surface area contributed by atoms with Crippen molar-refractivity contribution >= 4 is 11.6 Å². The van der Waals surface area contributed by atoms with Gasteiger partial charge < -0.3 is 10.1 Å². The molecule has 2 aromatic rings. The lowest BCUT2D eigenvalue weighted by molar-refractivity contribution is 0.102. The Morgan fingerprint density at radius 1 is 1.27 bits per heavy atom. The number of rotatable bonds is 7. The highest BCUT2D eigenvalue weighted by Gasteiger charge is 2.20. The van der Waals surface area contributed by atoms with Crippen LogP contribution in [-0.2, 0) is 5.41 Å². The maximum atomic E-state index is 12.6. The largest absolute Gasteiger partial charge is 0.488 e. The van der Waals surface area contributed by atoms with E-state index >= 15 is 0 Å². The predicted octanol–water partition coefficient (Wildman–Crippen LogP) is 4.62. The van der Waals surface area contributed by atoms with Gasteiger partial charge in [0.25, 0.3) is 5.91 Å². The topological polar surface area (TPSA) is 79.9 Å². The van der Waals surface area contributed by atoms with E-state index in [1.165, 1.54) is 0 Å². The first-order valence-corrected chi connectivity index (χ1v) is 9.26. The van der Waals surface area contributed by atoms with Crippen molar-refractivity contribution in [3.63, 3.8) is 0 Å². The average Bonchev–Trinajstić information content (AvgIpc) is 3.01. The van der Waals surface area contributed by atoms with Crippen molar-refractivity contribution in [2.24, 2.45) is 0 Å². The first-order valence-electron chi connectivity index (χ1n) is 9.26. The van der Waals surface area contributed by atoms with Crippen molar-refractivity contribution in [3.05, 3.63) is 35.2 Å². The van der Waals surface area contributed by atoms with Gasteiger partial charge in [0.2, 0.25) is 0 Å². The van der Waals surface area contributed by atoms with Crippen LogP contribution in [0, 0.1) is 6.92 Å². The van der Waals surface area contributed by atoms with Crippen LogP contribution in [0.3, 0.4) is 0 Å². The number of hydrogen-bond donors (Lipinski definition) is 2. The molecule has 0 aliphatic carbocycles. The molecule has 6 nitrogen and oxygen atoms in total. The molecule has 0 unspecified atom stereocenters. The number of benzene rings is 1. The van der Waals surface area contributed by atoms with Gasteiger partial charge in [0.1, 0.15) is 5.75 Å². The summed E-state index contributed by atoms with van der Waals surface area (Å²) in [5.41, 5.74) is 2.61. The summed E-state index contributed by atoms with van der Waals surface area (Å²) in [6.45, 7) is 12.4. The average molecular weight is 358 g/mol. The van der Waals surface area contributed by atoms with E-state index in [0.717, 1.165) is 24.8 Å². The van der Waals surface area contributed by atoms with Gasteiger partial charge in [0, 0.05) is 0 Å². The van der Waals surface area contributed by atoms with Gasteiger partial charge in [-0.25, -0.2) is 0 Å². The molecule has 6 heteroatoms. The molecule has 2 rings (SSSR count). The zero-order valence-corrected chi connectivity index (χ0v) is 16.6. The number of H-pyrrole nitrogens is 1. The molecule has 0 aliphatic heterocycles. The normalized spacial score (nSPS) is 12.7. The summed E-state index contributed by atoms with van der Waals surface area (Å²) in [7, 11) is 0. The van der Waals surface area contributed by atoms with E-state index in [0.29, 0.717) is 17.1 Å². The molecular formula is C20H30N4O2. The summed E-state index contributed by atoms with van der Waals surface area (Å²) in [5.74, 6) is 0.392. The molecule has 1 aromatic carbocycles. The summed E-state index contributed by atoms with van der Waals surface area (Å²) in [6, 6.07) is 6.00. The molecule has 0 saturated carbocycles. The molecule has 142 valence electrons. The van der Waals surface area contributed by atoms with Gasteiger partial charge in [0.05, 0.1) is 17.5 Å². The number of ether oxygens (including phenoxy) is 1. The number of aryl methyl sites for hydroxylation is 1. The van der Waals surface area contributed by atoms with Gasteiger partial charge in [-0.3, -0.25) is 4.79 Å². The van der Waals surface area contributed by atoms with Crippen LogP contribution >= 0.6 is 0 Å². The van der Waals surface area contributed by atoms with Gasteiger partial charge in [-0.2, -0.15) is 15.4 Å². The fraction of sp³-hybridized carbons (Fsp3) is 0.550. The van der Waals surface area contributed by atoms with E-state index < -0.39 is 0 Å². The molecule has 2 N–H and O–H groups in total. The van der Waals surface area contributed by atoms with E-state index in [1.54, 1.807) is 6.92 Å². The lowest BCUT2D eigenvalue weighted by Gasteiger charge is -2.24. The Morgan fingerprint density at radius 2 is 2.00 bits per heavy atom. The standard InChI is InChI=1S/C20H30N4O2/c1-7-9-15(8-2)26-17-11-10-14(20(4,5)6)12-16(17)21-19(25)18-13(3)22-24-23-18/h10-12,15H,7-9H2,1-6H3,(H,21,25)(H,22,23,24)/t15-/m0/s1. The molecule has 0 spiro atoms. The van der Waals surface area contributed by atoms with E-state index in [1.807, 2.05) is 12.1 Å². The van der Waals surface area contributed by atoms with E-state index in [4.69, 9.17) is 4.74 Å². The SMILES string of the molecule is CCC[C@H](CC)Oc1ccc(C(C)(C)C)cc1NC(=O)c1n[nH]nc1C. The zero-order chi connectivity index (χ0) is 19.3. The first kappa shape index (κ1) is 19.9. The van der Waals surface area contributed by atoms with Crippen LogP contribution in [0.1, 0.15) is 75.6 Å². The van der Waals surface area contributed by atoms with Gasteiger partial charge in [-0.1, -0.05) is 47.1 Å². The fourth-order valence-electron chi connectivity index (χ4n) is 2.73. The Morgan fingerprint density at radius 3 is 2.54 bits per heavy atom. The second-order valence-electron chi connectivity index (χ2n) is 7.61. The van der Waals surface area contributed by atoms with E-state index in [9.17, 15) is 4.79 Å². The summed E-state index contributed by atoms with van der Waals surface area (Å²) in [4.78, 5) is 12.6. The summed E-state index contributed by atoms with van der Waals surface area (Å²) >= 11 is 0. The van der Waals surface area contributed by atoms with Crippen molar-refractivity contribution in [2.75, 3.05) is 5.32 Å². The lowest BCUT2D eigenvalue weighted by Crippen LogP contribution is -2.20. The van der Waals surface area contributed by atoms with Crippen LogP contribution in [0.25, 0.3) is 0 Å². The van der Waals surface area contributed by atoms with Crippen molar-refractivity contribution in [1.82, 2.24) is 15.4 Å². The predicted molar refractivity (Wildman–Crippen MR) is 104 cm³/mol. The van der Waals surface area contributed by atoms with Crippen LogP contribution in [0.5, 0.6) is 5.75 Å². The monoisotopic (exact) mass is 358 g/mol. The molecule has 0 fully saturated rings. The second kappa shape index (κ2) is 8.34. The Kier molecular flexibility index (Phi) is 6.40. The van der Waals surface area contributed by atoms with Crippen molar-refractivity contribution in [2.45, 2.75) is 72.3 Å². The molecule has 0 radical (unpaired) electrons. The minimum absolute atomic E-state index is 0.0324. The Balaban J connectivity index is 2.35. The van der Waals surface area contributed by atoms with Crippen molar-refractivity contribution in [3.8, 4) is 5.75 Å². The quantitative estimate of drug-likeness (QED) is 0.757. The second-order valence-corrected chi connectivity index (χ2v) is 7.61. The van der Waals surface area contributed by atoms with Crippen LogP contribution in [0.15, 0.2) is 18.2 Å². The maximum absolute atomic E-state index is 12.6. The van der Waals surface area contributed by atoms with Crippen LogP contribution in [0.4, 0.5) is 5.69 Å². The number of nitrogens with zero attached hydrogens (tertiary/aromatic N) is 2. The van der Waals surface area contributed by atoms with Crippen LogP contribution in [-0.4, -0.2) is 27.4 Å². The number of aromatic amines is 1. The van der Waals surface area contributed by atoms with Crippen LogP contribution in [0.2, 0.25) is 0 Å². The first-order chi connectivity index (χ1) is 12.3. The van der Waals surface area contributed by atoms with Gasteiger partial charge >= 0.3 is 0 Å². The molecule has 0 aliphatic rings. The van der Waals surface area contributed by atoms with Gasteiger partial charge in [0.15, 0.2) is 5.69 Å². The third-order valence-electron chi connectivity index (χ3n) is 4.39. The summed E-state index contributed by atoms with van der Waals surface area (Å²) in [5, 5.41) is 13.3. The number of anilines is 1. The Labute approximate surface area is 155 Å². The highest BCUT2D eigenvalue weighted by molar-refractivity contribution is 6.04. The molecule has 0 saturated heterocycles. The number of carbonyl (C=O) groups is 1. The number of aromatic nitrogens is 3. The molecule has 26 heavy (non-hydrogen) atoms. The van der Waals surface area contributed by atoms with Crippen LogP contribution < -0.4 is 10.1 Å². The van der Waals surface area contributed by atoms with E-state index in [-0.39, 0.29) is 23.1 Å². The van der Waals surface area contributed by atoms with Gasteiger partial charge in [-0.15, -0.1) is 0 Å². The number of carbonyl (C=O) groups excluding carboxylic acids is 1. The molecular weight excluding hydrogens is 328 g/mol. The molecule has 1 atom stereocenters. The minimum Gasteiger partial charge on any atom is -0.488 e.